The van der Waals surface area contributed by atoms with E-state index in [2.05, 4.69) is 31.2 Å². The molecule has 7 heteroatoms. The van der Waals surface area contributed by atoms with Crippen molar-refractivity contribution >= 4 is 17.2 Å². The van der Waals surface area contributed by atoms with Gasteiger partial charge in [0.15, 0.2) is 0 Å². The first kappa shape index (κ1) is 20.4. The lowest BCUT2D eigenvalue weighted by Crippen LogP contribution is -2.50. The Kier molecular flexibility index (Phi) is 6.90. The molecule has 2 aliphatic heterocycles. The maximum Gasteiger partial charge on any atom is 0.224 e. The molecule has 4 rings (SSSR count). The predicted molar refractivity (Wildman–Crippen MR) is 116 cm³/mol. The van der Waals surface area contributed by atoms with Gasteiger partial charge in [-0.1, -0.05) is 6.07 Å². The molecule has 1 amide bonds. The number of rotatable bonds is 6. The molecule has 6 nitrogen and oxygen atoms in total. The van der Waals surface area contributed by atoms with Crippen molar-refractivity contribution in [2.45, 2.75) is 51.7 Å². The van der Waals surface area contributed by atoms with Crippen LogP contribution in [0.4, 0.5) is 0 Å². The number of aryl methyl sites for hydroxylation is 1. The van der Waals surface area contributed by atoms with Crippen molar-refractivity contribution in [2.24, 2.45) is 5.92 Å². The monoisotopic (exact) mass is 413 g/mol. The van der Waals surface area contributed by atoms with Gasteiger partial charge in [-0.15, -0.1) is 11.3 Å². The zero-order chi connectivity index (χ0) is 20.1. The van der Waals surface area contributed by atoms with E-state index >= 15 is 0 Å². The van der Waals surface area contributed by atoms with Gasteiger partial charge in [-0.25, -0.2) is 4.98 Å². The Morgan fingerprint density at radius 2 is 2.14 bits per heavy atom. The lowest BCUT2D eigenvalue weighted by molar-refractivity contribution is -0.127. The smallest absolute Gasteiger partial charge is 0.224 e. The highest BCUT2D eigenvalue weighted by molar-refractivity contribution is 7.09. The van der Waals surface area contributed by atoms with Crippen molar-refractivity contribution in [3.05, 3.63) is 46.2 Å². The molecule has 2 fully saturated rings. The minimum atomic E-state index is 0.108. The minimum Gasteiger partial charge on any atom is -0.350 e. The third-order valence-electron chi connectivity index (χ3n) is 6.14. The Bertz CT molecular complexity index is 788. The second-order valence-electron chi connectivity index (χ2n) is 8.28. The zero-order valence-corrected chi connectivity index (χ0v) is 18.0. The Hall–Kier alpha value is -1.83. The van der Waals surface area contributed by atoms with E-state index in [0.29, 0.717) is 12.6 Å². The van der Waals surface area contributed by atoms with E-state index < -0.39 is 0 Å². The molecule has 2 aliphatic rings. The SMILES string of the molecule is Cc1nc(CNC(=O)C2CCCN(C3CCN(Cc4cccnc4)CC3)C2)cs1. The van der Waals surface area contributed by atoms with E-state index in [1.807, 2.05) is 30.8 Å². The van der Waals surface area contributed by atoms with E-state index in [-0.39, 0.29) is 11.8 Å². The topological polar surface area (TPSA) is 61.4 Å². The predicted octanol–water partition coefficient (Wildman–Crippen LogP) is 2.84. The fourth-order valence-electron chi connectivity index (χ4n) is 4.56. The highest BCUT2D eigenvalue weighted by atomic mass is 32.1. The molecule has 156 valence electrons. The maximum atomic E-state index is 12.7. The number of piperidine rings is 2. The number of aromatic nitrogens is 2. The Morgan fingerprint density at radius 1 is 1.28 bits per heavy atom. The zero-order valence-electron chi connectivity index (χ0n) is 17.2. The van der Waals surface area contributed by atoms with Gasteiger partial charge < -0.3 is 5.32 Å². The molecule has 2 aromatic rings. The second kappa shape index (κ2) is 9.78. The average molecular weight is 414 g/mol. The fraction of sp³-hybridized carbons (Fsp3) is 0.591. The molecule has 29 heavy (non-hydrogen) atoms. The van der Waals surface area contributed by atoms with Crippen molar-refractivity contribution in [1.82, 2.24) is 25.1 Å². The van der Waals surface area contributed by atoms with Crippen molar-refractivity contribution in [3.8, 4) is 0 Å². The number of thiazole rings is 1. The van der Waals surface area contributed by atoms with Crippen molar-refractivity contribution in [2.75, 3.05) is 26.2 Å². The van der Waals surface area contributed by atoms with Gasteiger partial charge in [0.1, 0.15) is 0 Å². The maximum absolute atomic E-state index is 12.7. The number of hydrogen-bond acceptors (Lipinski definition) is 6. The molecular weight excluding hydrogens is 382 g/mol. The standard InChI is InChI=1S/C22H31N5OS/c1-17-25-20(16-29-17)13-24-22(28)19-5-3-9-27(15-19)21-6-10-26(11-7-21)14-18-4-2-8-23-12-18/h2,4,8,12,16,19,21H,3,5-7,9-11,13-15H2,1H3,(H,24,28). The van der Waals surface area contributed by atoms with Gasteiger partial charge in [0, 0.05) is 36.9 Å². The molecule has 1 N–H and O–H groups in total. The molecule has 0 saturated carbocycles. The molecule has 0 radical (unpaired) electrons. The third kappa shape index (κ3) is 5.62. The summed E-state index contributed by atoms with van der Waals surface area (Å²) in [6, 6.07) is 4.77. The Morgan fingerprint density at radius 3 is 2.86 bits per heavy atom. The molecule has 0 aliphatic carbocycles. The fourth-order valence-corrected chi connectivity index (χ4v) is 5.17. The van der Waals surface area contributed by atoms with Crippen LogP contribution in [-0.4, -0.2) is 57.9 Å². The van der Waals surface area contributed by atoms with Gasteiger partial charge in [0.2, 0.25) is 5.91 Å². The Balaban J connectivity index is 1.23. The van der Waals surface area contributed by atoms with Crippen molar-refractivity contribution in [1.29, 1.82) is 0 Å². The van der Waals surface area contributed by atoms with Gasteiger partial charge in [-0.2, -0.15) is 0 Å². The van der Waals surface area contributed by atoms with Crippen LogP contribution in [0.5, 0.6) is 0 Å². The summed E-state index contributed by atoms with van der Waals surface area (Å²) in [6.45, 7) is 7.80. The number of hydrogen-bond donors (Lipinski definition) is 1. The highest BCUT2D eigenvalue weighted by Gasteiger charge is 2.31. The van der Waals surface area contributed by atoms with Gasteiger partial charge in [-0.3, -0.25) is 19.6 Å². The van der Waals surface area contributed by atoms with E-state index in [1.165, 1.54) is 18.4 Å². The molecular formula is C22H31N5OS. The lowest BCUT2D eigenvalue weighted by atomic mass is 9.93. The first-order chi connectivity index (χ1) is 14.2. The molecule has 0 bridgehead atoms. The highest BCUT2D eigenvalue weighted by Crippen LogP contribution is 2.25. The molecule has 0 spiro atoms. The summed E-state index contributed by atoms with van der Waals surface area (Å²) in [5, 5.41) is 6.18. The van der Waals surface area contributed by atoms with E-state index in [4.69, 9.17) is 0 Å². The van der Waals surface area contributed by atoms with Crippen LogP contribution >= 0.6 is 11.3 Å². The van der Waals surface area contributed by atoms with Gasteiger partial charge in [0.25, 0.3) is 0 Å². The number of amides is 1. The number of carbonyl (C=O) groups is 1. The second-order valence-corrected chi connectivity index (χ2v) is 9.34. The molecule has 2 saturated heterocycles. The first-order valence-corrected chi connectivity index (χ1v) is 11.6. The third-order valence-corrected chi connectivity index (χ3v) is 6.96. The molecule has 4 heterocycles. The summed E-state index contributed by atoms with van der Waals surface area (Å²) < 4.78 is 0. The number of nitrogens with one attached hydrogen (secondary N) is 1. The summed E-state index contributed by atoms with van der Waals surface area (Å²) in [4.78, 5) is 26.4. The number of nitrogens with zero attached hydrogens (tertiary/aromatic N) is 4. The quantitative estimate of drug-likeness (QED) is 0.789. The molecule has 1 atom stereocenters. The van der Waals surface area contributed by atoms with Gasteiger partial charge in [0.05, 0.1) is 23.2 Å². The number of carbonyl (C=O) groups excluding carboxylic acids is 1. The Labute approximate surface area is 177 Å². The first-order valence-electron chi connectivity index (χ1n) is 10.7. The van der Waals surface area contributed by atoms with Crippen molar-refractivity contribution < 1.29 is 4.79 Å². The summed E-state index contributed by atoms with van der Waals surface area (Å²) >= 11 is 1.63. The van der Waals surface area contributed by atoms with Crippen LogP contribution in [0.25, 0.3) is 0 Å². The van der Waals surface area contributed by atoms with E-state index in [0.717, 1.165) is 56.3 Å². The summed E-state index contributed by atoms with van der Waals surface area (Å²) in [6.07, 6.45) is 8.28. The average Bonchev–Trinajstić information content (AvgIpc) is 3.18. The van der Waals surface area contributed by atoms with Crippen LogP contribution in [0.15, 0.2) is 29.9 Å². The summed E-state index contributed by atoms with van der Waals surface area (Å²) in [5.41, 5.74) is 2.26. The van der Waals surface area contributed by atoms with Crippen LogP contribution in [0.2, 0.25) is 0 Å². The van der Waals surface area contributed by atoms with Crippen LogP contribution < -0.4 is 5.32 Å². The van der Waals surface area contributed by atoms with Crippen LogP contribution in [-0.2, 0) is 17.9 Å². The van der Waals surface area contributed by atoms with E-state index in [9.17, 15) is 4.79 Å². The number of pyridine rings is 1. The summed E-state index contributed by atoms with van der Waals surface area (Å²) in [5.74, 6) is 0.297. The largest absolute Gasteiger partial charge is 0.350 e. The van der Waals surface area contributed by atoms with Crippen LogP contribution in [0.1, 0.15) is 41.9 Å². The number of likely N-dealkylation sites (tertiary alicyclic amines) is 2. The molecule has 2 aromatic heterocycles. The lowest BCUT2D eigenvalue weighted by Gasteiger charge is -2.42. The molecule has 0 aromatic carbocycles. The molecule has 1 unspecified atom stereocenters. The van der Waals surface area contributed by atoms with Crippen LogP contribution in [0.3, 0.4) is 0 Å². The van der Waals surface area contributed by atoms with Gasteiger partial charge in [-0.05, 0) is 63.9 Å². The van der Waals surface area contributed by atoms with E-state index in [1.54, 1.807) is 11.3 Å². The van der Waals surface area contributed by atoms with Crippen molar-refractivity contribution in [3.63, 3.8) is 0 Å². The minimum absolute atomic E-state index is 0.108. The normalized spacial score (nSPS) is 21.9. The van der Waals surface area contributed by atoms with Gasteiger partial charge >= 0.3 is 0 Å². The summed E-state index contributed by atoms with van der Waals surface area (Å²) in [7, 11) is 0. The van der Waals surface area contributed by atoms with Crippen LogP contribution in [0, 0.1) is 12.8 Å².